The van der Waals surface area contributed by atoms with E-state index in [-0.39, 0.29) is 17.7 Å². The van der Waals surface area contributed by atoms with Crippen LogP contribution in [0.4, 0.5) is 0 Å². The number of nitrogens with zero attached hydrogens (tertiary/aromatic N) is 2. The average molecular weight is 240 g/mol. The molecule has 1 saturated heterocycles. The summed E-state index contributed by atoms with van der Waals surface area (Å²) in [6.45, 7) is 8.95. The minimum absolute atomic E-state index is 0.112. The highest BCUT2D eigenvalue weighted by molar-refractivity contribution is 5.89. The summed E-state index contributed by atoms with van der Waals surface area (Å²) in [5.74, 6) is 0.172. The molecule has 1 aliphatic rings. The van der Waals surface area contributed by atoms with Gasteiger partial charge in [-0.1, -0.05) is 13.3 Å². The maximum Gasteiger partial charge on any atom is 0.227 e. The zero-order valence-electron chi connectivity index (χ0n) is 11.2. The van der Waals surface area contributed by atoms with E-state index in [9.17, 15) is 9.59 Å². The Kier molecular flexibility index (Phi) is 5.45. The van der Waals surface area contributed by atoms with Crippen LogP contribution in [-0.4, -0.2) is 47.8 Å². The Morgan fingerprint density at radius 2 is 2.00 bits per heavy atom. The lowest BCUT2D eigenvalue weighted by molar-refractivity contribution is -0.135. The van der Waals surface area contributed by atoms with Crippen LogP contribution < -0.4 is 0 Å². The first-order chi connectivity index (χ1) is 8.13. The van der Waals surface area contributed by atoms with Gasteiger partial charge in [0.15, 0.2) is 0 Å². The van der Waals surface area contributed by atoms with Gasteiger partial charge in [-0.05, 0) is 20.3 Å². The quantitative estimate of drug-likeness (QED) is 0.706. The van der Waals surface area contributed by atoms with Gasteiger partial charge in [0.05, 0.1) is 5.92 Å². The second-order valence-electron chi connectivity index (χ2n) is 4.60. The van der Waals surface area contributed by atoms with Gasteiger partial charge in [0.2, 0.25) is 11.8 Å². The summed E-state index contributed by atoms with van der Waals surface area (Å²) in [6.07, 6.45) is 2.51. The number of amides is 2. The molecule has 0 aromatic carbocycles. The number of unbranched alkanes of at least 4 members (excludes halogenated alkanes) is 1. The molecule has 0 saturated carbocycles. The Balaban J connectivity index is 2.52. The third-order valence-corrected chi connectivity index (χ3v) is 3.42. The molecule has 17 heavy (non-hydrogen) atoms. The summed E-state index contributed by atoms with van der Waals surface area (Å²) in [5, 5.41) is 0. The van der Waals surface area contributed by atoms with Crippen molar-refractivity contribution in [2.24, 2.45) is 5.92 Å². The second-order valence-corrected chi connectivity index (χ2v) is 4.60. The molecule has 1 fully saturated rings. The Bertz CT molecular complexity index is 275. The van der Waals surface area contributed by atoms with Gasteiger partial charge in [-0.3, -0.25) is 9.59 Å². The minimum atomic E-state index is -0.112. The van der Waals surface area contributed by atoms with E-state index < -0.39 is 0 Å². The van der Waals surface area contributed by atoms with Crippen molar-refractivity contribution in [2.75, 3.05) is 26.2 Å². The van der Waals surface area contributed by atoms with Gasteiger partial charge in [-0.15, -0.1) is 0 Å². The largest absolute Gasteiger partial charge is 0.343 e. The van der Waals surface area contributed by atoms with Crippen LogP contribution >= 0.6 is 0 Å². The van der Waals surface area contributed by atoms with Gasteiger partial charge in [-0.25, -0.2) is 0 Å². The number of carbonyl (C=O) groups is 2. The molecule has 0 spiro atoms. The standard InChI is InChI=1S/C13H24N2O2/c1-4-7-8-15-10-11(9-12(15)16)13(17)14(5-2)6-3/h11H,4-10H2,1-3H3/t11-/m0/s1. The third-order valence-electron chi connectivity index (χ3n) is 3.42. The van der Waals surface area contributed by atoms with Gasteiger partial charge >= 0.3 is 0 Å². The van der Waals surface area contributed by atoms with E-state index in [1.54, 1.807) is 0 Å². The summed E-state index contributed by atoms with van der Waals surface area (Å²) in [5.41, 5.74) is 0. The molecule has 0 bridgehead atoms. The number of likely N-dealkylation sites (tertiary alicyclic amines) is 1. The van der Waals surface area contributed by atoms with Crippen LogP contribution in [0.25, 0.3) is 0 Å². The summed E-state index contributed by atoms with van der Waals surface area (Å²) >= 11 is 0. The van der Waals surface area contributed by atoms with Crippen molar-refractivity contribution in [3.8, 4) is 0 Å². The fraction of sp³-hybridized carbons (Fsp3) is 0.846. The fourth-order valence-corrected chi connectivity index (χ4v) is 2.30. The van der Waals surface area contributed by atoms with Gasteiger partial charge in [0, 0.05) is 32.6 Å². The maximum atomic E-state index is 12.1. The van der Waals surface area contributed by atoms with E-state index in [1.807, 2.05) is 23.6 Å². The maximum absolute atomic E-state index is 12.1. The van der Waals surface area contributed by atoms with Crippen molar-refractivity contribution in [1.82, 2.24) is 9.80 Å². The smallest absolute Gasteiger partial charge is 0.227 e. The average Bonchev–Trinajstić information content (AvgIpc) is 2.69. The monoisotopic (exact) mass is 240 g/mol. The highest BCUT2D eigenvalue weighted by atomic mass is 16.2. The zero-order chi connectivity index (χ0) is 12.8. The molecule has 0 aromatic heterocycles. The topological polar surface area (TPSA) is 40.6 Å². The fourth-order valence-electron chi connectivity index (χ4n) is 2.30. The van der Waals surface area contributed by atoms with E-state index in [2.05, 4.69) is 6.92 Å². The summed E-state index contributed by atoms with van der Waals surface area (Å²) in [4.78, 5) is 27.5. The highest BCUT2D eigenvalue weighted by Crippen LogP contribution is 2.20. The molecule has 2 amide bonds. The number of carbonyl (C=O) groups excluding carboxylic acids is 2. The molecule has 0 aromatic rings. The van der Waals surface area contributed by atoms with Crippen LogP contribution in [0, 0.1) is 5.92 Å². The predicted molar refractivity (Wildman–Crippen MR) is 67.5 cm³/mol. The SMILES string of the molecule is CCCCN1C[C@@H](C(=O)N(CC)CC)CC1=O. The van der Waals surface area contributed by atoms with Crippen LogP contribution in [0.2, 0.25) is 0 Å². The van der Waals surface area contributed by atoms with Crippen molar-refractivity contribution in [3.05, 3.63) is 0 Å². The van der Waals surface area contributed by atoms with Crippen molar-refractivity contribution in [2.45, 2.75) is 40.0 Å². The molecule has 1 aliphatic heterocycles. The van der Waals surface area contributed by atoms with Crippen molar-refractivity contribution < 1.29 is 9.59 Å². The number of hydrogen-bond acceptors (Lipinski definition) is 2. The lowest BCUT2D eigenvalue weighted by atomic mass is 10.1. The van der Waals surface area contributed by atoms with Gasteiger partial charge < -0.3 is 9.80 Å². The lowest BCUT2D eigenvalue weighted by Gasteiger charge is -2.22. The Morgan fingerprint density at radius 3 is 2.53 bits per heavy atom. The third kappa shape index (κ3) is 3.45. The Labute approximate surface area is 104 Å². The number of hydrogen-bond donors (Lipinski definition) is 0. The molecule has 98 valence electrons. The van der Waals surface area contributed by atoms with Gasteiger partial charge in [0.25, 0.3) is 0 Å². The van der Waals surface area contributed by atoms with E-state index in [1.165, 1.54) is 0 Å². The molecular weight excluding hydrogens is 216 g/mol. The van der Waals surface area contributed by atoms with Crippen molar-refractivity contribution in [3.63, 3.8) is 0 Å². The molecule has 0 unspecified atom stereocenters. The Hall–Kier alpha value is -1.06. The van der Waals surface area contributed by atoms with Crippen molar-refractivity contribution in [1.29, 1.82) is 0 Å². The van der Waals surface area contributed by atoms with E-state index in [4.69, 9.17) is 0 Å². The lowest BCUT2D eigenvalue weighted by Crippen LogP contribution is -2.37. The van der Waals surface area contributed by atoms with Crippen LogP contribution in [0.15, 0.2) is 0 Å². The highest BCUT2D eigenvalue weighted by Gasteiger charge is 2.35. The molecule has 0 aliphatic carbocycles. The molecule has 4 heteroatoms. The second kappa shape index (κ2) is 6.62. The van der Waals surface area contributed by atoms with Crippen LogP contribution in [-0.2, 0) is 9.59 Å². The van der Waals surface area contributed by atoms with Gasteiger partial charge in [-0.2, -0.15) is 0 Å². The molecule has 0 N–H and O–H groups in total. The Morgan fingerprint density at radius 1 is 1.35 bits per heavy atom. The van der Waals surface area contributed by atoms with Crippen LogP contribution in [0.3, 0.4) is 0 Å². The summed E-state index contributed by atoms with van der Waals surface area (Å²) in [7, 11) is 0. The first-order valence-corrected chi connectivity index (χ1v) is 6.70. The zero-order valence-corrected chi connectivity index (χ0v) is 11.2. The van der Waals surface area contributed by atoms with E-state index in [0.717, 1.165) is 32.5 Å². The molecule has 0 radical (unpaired) electrons. The minimum Gasteiger partial charge on any atom is -0.343 e. The predicted octanol–water partition coefficient (Wildman–Crippen LogP) is 1.50. The first-order valence-electron chi connectivity index (χ1n) is 6.70. The molecular formula is C13H24N2O2. The molecule has 1 rings (SSSR count). The molecule has 1 atom stereocenters. The molecule has 4 nitrogen and oxygen atoms in total. The normalized spacial score (nSPS) is 19.8. The first kappa shape index (κ1) is 14.0. The van der Waals surface area contributed by atoms with Crippen molar-refractivity contribution >= 4 is 11.8 Å². The van der Waals surface area contributed by atoms with Gasteiger partial charge in [0.1, 0.15) is 0 Å². The number of rotatable bonds is 6. The van der Waals surface area contributed by atoms with Crippen LogP contribution in [0.5, 0.6) is 0 Å². The van der Waals surface area contributed by atoms with E-state index in [0.29, 0.717) is 13.0 Å². The van der Waals surface area contributed by atoms with E-state index >= 15 is 0 Å². The summed E-state index contributed by atoms with van der Waals surface area (Å²) < 4.78 is 0. The van der Waals surface area contributed by atoms with Crippen LogP contribution in [0.1, 0.15) is 40.0 Å². The molecule has 1 heterocycles. The summed E-state index contributed by atoms with van der Waals surface area (Å²) in [6, 6.07) is 0.